The van der Waals surface area contributed by atoms with Gasteiger partial charge in [0.2, 0.25) is 0 Å². The van der Waals surface area contributed by atoms with Crippen molar-refractivity contribution in [1.29, 1.82) is 0 Å². The molecule has 0 fully saturated rings. The van der Waals surface area contributed by atoms with Crippen LogP contribution in [0.3, 0.4) is 0 Å². The van der Waals surface area contributed by atoms with Crippen LogP contribution >= 0.6 is 22.7 Å². The molecule has 7 nitrogen and oxygen atoms in total. The summed E-state index contributed by atoms with van der Waals surface area (Å²) < 4.78 is 80.5. The third kappa shape index (κ3) is 16.2. The Morgan fingerprint density at radius 2 is 0.550 bits per heavy atom. The van der Waals surface area contributed by atoms with Crippen molar-refractivity contribution >= 4 is 164 Å². The van der Waals surface area contributed by atoms with Gasteiger partial charge >= 0.3 is 0 Å². The number of anilines is 10. The maximum Gasteiger partial charge on any atom is 0.137 e. The lowest BCUT2D eigenvalue weighted by molar-refractivity contribution is 0.618. The van der Waals surface area contributed by atoms with Crippen molar-refractivity contribution in [2.45, 2.75) is 67.7 Å². The number of halogens is 5. The molecule has 0 atom stereocenters. The van der Waals surface area contributed by atoms with E-state index in [0.29, 0.717) is 11.1 Å². The molecule has 1 aliphatic rings. The largest absolute Gasteiger partial charge is 0.456 e. The number of nitrogens with zero attached hydrogens (tertiary/aromatic N) is 6. The fourth-order valence-electron chi connectivity index (χ4n) is 16.1. The topological polar surface area (TPSA) is 34.3 Å². The van der Waals surface area contributed by atoms with E-state index >= 15 is 0 Å². The van der Waals surface area contributed by atoms with Gasteiger partial charge in [-0.2, -0.15) is 0 Å². The zero-order valence-corrected chi connectivity index (χ0v) is 71.6. The first-order valence-corrected chi connectivity index (χ1v) is 41.7. The lowest BCUT2D eigenvalue weighted by atomic mass is 9.82. The molecule has 14 heteroatoms. The summed E-state index contributed by atoms with van der Waals surface area (Å²) in [5, 5.41) is 9.92. The summed E-state index contributed by atoms with van der Waals surface area (Å²) in [4.78, 5) is 10.2. The van der Waals surface area contributed by atoms with Gasteiger partial charge in [-0.15, -0.1) is 22.7 Å². The number of benzene rings is 15. The SMILES string of the molecule is Cc1ccc2c(c1)C(C)(C)c1cc(N(C)c3ccc(F)cc3)ccc1-2.Cc1ccc2c(c1)oc1cc(N(C)c3ccc(C)c(F)c3)ccc12.Cc1ccc2c(c1)sc1cc(N(C)c3ccc(C)c(F)c3)ccc12.Cc1ccc2c(c1)sc1cc(N(C)c3ccc(F)cc3)ccc12.Cc1ccc2c3ccc(N(C)c4ccc(F)cc4)cc3n(C)c2c1. The molecule has 600 valence electrons. The van der Waals surface area contributed by atoms with Crippen LogP contribution in [0.4, 0.5) is 78.8 Å². The normalized spacial score (nSPS) is 11.9. The van der Waals surface area contributed by atoms with Crippen LogP contribution in [0.1, 0.15) is 63.9 Å². The Kier molecular flexibility index (Phi) is 22.3. The number of furan rings is 1. The summed E-state index contributed by atoms with van der Waals surface area (Å²) >= 11 is 3.63. The molecule has 0 radical (unpaired) electrons. The number of fused-ring (bicyclic) bond motifs is 15. The average Bonchev–Trinajstić information content (AvgIpc) is 1.56. The van der Waals surface area contributed by atoms with Gasteiger partial charge in [-0.1, -0.05) is 123 Å². The first-order valence-electron chi connectivity index (χ1n) is 40.1. The minimum absolute atomic E-state index is 0.0175. The van der Waals surface area contributed by atoms with Crippen molar-refractivity contribution in [3.05, 3.63) is 370 Å². The van der Waals surface area contributed by atoms with Crippen molar-refractivity contribution in [3.63, 3.8) is 0 Å². The van der Waals surface area contributed by atoms with Gasteiger partial charge in [-0.3, -0.25) is 0 Å². The molecule has 1 aliphatic carbocycles. The fourth-order valence-corrected chi connectivity index (χ4v) is 18.6. The molecule has 0 N–H and O–H groups in total. The quantitative estimate of drug-likeness (QED) is 0.127. The van der Waals surface area contributed by atoms with E-state index in [1.165, 1.54) is 149 Å². The zero-order valence-electron chi connectivity index (χ0n) is 70.0. The second kappa shape index (κ2) is 33.1. The average molecular weight is 1630 g/mol. The number of rotatable bonds is 10. The standard InChI is InChI=1S/C23H22FN.C21H19FN2.C21H18FNO.C21H18FNS.C20H16FNS/c1-15-5-11-19-20-12-10-18(14-22(20)23(2,3)21(19)13-15)25(4)17-8-6-16(24)7-9-17;1-14-4-10-18-19-11-9-17(13-21(19)24(3)20(18)12-14)23(2)16-7-5-15(22)6-8-16;2*1-13-4-8-17-18-9-7-16(12-21(18)24-20(17)10-13)23(3)15-6-5-14(2)19(22)11-15;1-13-3-9-17-18-10-8-16(12-20(18)23-19(17)11-13)22(2)15-6-4-14(21)5-7-15/h5-14H,1-4H3;4-13H,1-3H3;2*4-12H,1-3H3;3-12H,1-2H3. The molecule has 0 spiro atoms. The summed E-state index contributed by atoms with van der Waals surface area (Å²) in [6.45, 7) is 18.7. The molecule has 15 aromatic carbocycles. The predicted octanol–water partition coefficient (Wildman–Crippen LogP) is 30.7. The number of aromatic nitrogens is 1. The second-order valence-corrected chi connectivity index (χ2v) is 34.3. The van der Waals surface area contributed by atoms with Gasteiger partial charge in [-0.25, -0.2) is 22.0 Å². The van der Waals surface area contributed by atoms with Crippen LogP contribution in [0.25, 0.3) is 95.2 Å². The third-order valence-corrected chi connectivity index (χ3v) is 25.7. The highest BCUT2D eigenvalue weighted by atomic mass is 32.1. The number of thiophene rings is 2. The van der Waals surface area contributed by atoms with E-state index in [2.05, 4.69) is 239 Å². The Morgan fingerprint density at radius 1 is 0.267 bits per heavy atom. The first-order chi connectivity index (χ1) is 57.6. The molecular weight excluding hydrogens is 1530 g/mol. The first kappa shape index (κ1) is 80.8. The monoisotopic (exact) mass is 1620 g/mol. The summed E-state index contributed by atoms with van der Waals surface area (Å²) in [6, 6.07) is 95.3. The van der Waals surface area contributed by atoms with E-state index in [1.807, 2.05) is 116 Å². The maximum absolute atomic E-state index is 13.9. The van der Waals surface area contributed by atoms with Crippen LogP contribution in [0.5, 0.6) is 0 Å². The second-order valence-electron chi connectivity index (χ2n) is 32.1. The van der Waals surface area contributed by atoms with Crippen LogP contribution in [0.2, 0.25) is 0 Å². The van der Waals surface area contributed by atoms with E-state index in [0.717, 1.165) is 78.8 Å². The molecule has 0 aliphatic heterocycles. The minimum atomic E-state index is -0.216. The van der Waals surface area contributed by atoms with Gasteiger partial charge in [0, 0.05) is 178 Å². The number of aryl methyl sites for hydroxylation is 8. The van der Waals surface area contributed by atoms with Crippen molar-refractivity contribution in [1.82, 2.24) is 4.57 Å². The van der Waals surface area contributed by atoms with Crippen LogP contribution in [-0.2, 0) is 12.5 Å². The predicted molar refractivity (Wildman–Crippen MR) is 502 cm³/mol. The van der Waals surface area contributed by atoms with E-state index < -0.39 is 0 Å². The van der Waals surface area contributed by atoms with Crippen LogP contribution in [0, 0.1) is 77.6 Å². The lowest BCUT2D eigenvalue weighted by Crippen LogP contribution is -2.16. The summed E-state index contributed by atoms with van der Waals surface area (Å²) in [5.74, 6) is -1.00. The Morgan fingerprint density at radius 3 is 1.01 bits per heavy atom. The zero-order chi connectivity index (χ0) is 84.3. The third-order valence-electron chi connectivity index (χ3n) is 23.5. The lowest BCUT2D eigenvalue weighted by Gasteiger charge is -2.25. The highest BCUT2D eigenvalue weighted by Crippen LogP contribution is 2.51. The summed E-state index contributed by atoms with van der Waals surface area (Å²) in [6.07, 6.45) is 0. The van der Waals surface area contributed by atoms with E-state index in [1.54, 1.807) is 56.3 Å². The van der Waals surface area contributed by atoms with Gasteiger partial charge in [0.15, 0.2) is 0 Å². The molecule has 19 aromatic rings. The smallest absolute Gasteiger partial charge is 0.137 e. The molecule has 0 bridgehead atoms. The van der Waals surface area contributed by atoms with E-state index in [-0.39, 0.29) is 34.5 Å². The van der Waals surface area contributed by atoms with Crippen molar-refractivity contribution in [2.75, 3.05) is 59.7 Å². The van der Waals surface area contributed by atoms with Crippen LogP contribution in [0.15, 0.2) is 296 Å². The summed E-state index contributed by atoms with van der Waals surface area (Å²) in [5.41, 5.74) is 27.1. The van der Waals surface area contributed by atoms with Gasteiger partial charge in [0.1, 0.15) is 40.3 Å². The molecule has 0 unspecified atom stereocenters. The molecule has 0 saturated heterocycles. The maximum atomic E-state index is 13.9. The van der Waals surface area contributed by atoms with Gasteiger partial charge in [-0.05, 0) is 286 Å². The molecule has 0 amide bonds. The van der Waals surface area contributed by atoms with E-state index in [4.69, 9.17) is 4.42 Å². The van der Waals surface area contributed by atoms with Crippen LogP contribution in [-0.4, -0.2) is 39.8 Å². The molecule has 4 heterocycles. The summed E-state index contributed by atoms with van der Waals surface area (Å²) in [7, 11) is 12.0. The van der Waals surface area contributed by atoms with Crippen LogP contribution < -0.4 is 24.5 Å². The Bertz CT molecular complexity index is 6930. The highest BCUT2D eigenvalue weighted by Gasteiger charge is 2.36. The van der Waals surface area contributed by atoms with Crippen molar-refractivity contribution in [2.24, 2.45) is 7.05 Å². The molecule has 4 aromatic heterocycles. The van der Waals surface area contributed by atoms with Crippen molar-refractivity contribution < 1.29 is 26.4 Å². The van der Waals surface area contributed by atoms with Gasteiger partial charge < -0.3 is 33.5 Å². The Labute approximate surface area is 705 Å². The number of hydrogen-bond donors (Lipinski definition) is 0. The Hall–Kier alpha value is -13.0. The molecule has 20 rings (SSSR count). The highest BCUT2D eigenvalue weighted by molar-refractivity contribution is 7.26. The Balaban J connectivity index is 0.000000112. The van der Waals surface area contributed by atoms with Gasteiger partial charge in [0.05, 0.1) is 5.52 Å². The molecule has 120 heavy (non-hydrogen) atoms. The molecular formula is C106H93F5N6OS2. The minimum Gasteiger partial charge on any atom is -0.456 e. The fraction of sp³-hybridized carbons (Fsp3) is 0.151. The molecule has 0 saturated carbocycles. The van der Waals surface area contributed by atoms with Gasteiger partial charge in [0.25, 0.3) is 0 Å². The van der Waals surface area contributed by atoms with E-state index in [9.17, 15) is 22.0 Å². The van der Waals surface area contributed by atoms with Crippen molar-refractivity contribution in [3.8, 4) is 11.1 Å². The number of hydrogen-bond acceptors (Lipinski definition) is 8.